The van der Waals surface area contributed by atoms with Crippen LogP contribution < -0.4 is 4.74 Å². The lowest BCUT2D eigenvalue weighted by Crippen LogP contribution is -2.29. The highest BCUT2D eigenvalue weighted by Crippen LogP contribution is 2.36. The molecule has 0 spiro atoms. The van der Waals surface area contributed by atoms with Crippen molar-refractivity contribution < 1.29 is 9.53 Å². The maximum atomic E-state index is 13.1. The molecular weight excluding hydrogens is 392 g/mol. The zero-order chi connectivity index (χ0) is 21.8. The number of aryl methyl sites for hydroxylation is 2. The second-order valence-corrected chi connectivity index (χ2v) is 8.91. The van der Waals surface area contributed by atoms with Gasteiger partial charge in [0, 0.05) is 6.54 Å². The third-order valence-electron chi connectivity index (χ3n) is 5.12. The monoisotopic (exact) mass is 422 g/mol. The lowest BCUT2D eigenvalue weighted by atomic mass is 9.96. The lowest BCUT2D eigenvalue weighted by molar-refractivity contribution is -0.122. The van der Waals surface area contributed by atoms with E-state index in [9.17, 15) is 4.79 Å². The Labute approximate surface area is 184 Å². The Bertz CT molecular complexity index is 991. The van der Waals surface area contributed by atoms with Crippen LogP contribution in [0.2, 0.25) is 0 Å². The van der Waals surface area contributed by atoms with Crippen LogP contribution in [0.4, 0.5) is 5.69 Å². The van der Waals surface area contributed by atoms with Gasteiger partial charge in [-0.05, 0) is 85.0 Å². The zero-order valence-corrected chi connectivity index (χ0v) is 19.5. The van der Waals surface area contributed by atoms with E-state index in [1.165, 1.54) is 17.3 Å². The number of methoxy groups -OCH3 is 1. The minimum atomic E-state index is 0.0222. The molecule has 2 aromatic carbocycles. The molecular formula is C25H30N2O2S. The number of carbonyl (C=O) groups excluding carboxylic acids is 1. The smallest absolute Gasteiger partial charge is 0.266 e. The van der Waals surface area contributed by atoms with Crippen LogP contribution in [-0.4, -0.2) is 29.6 Å². The van der Waals surface area contributed by atoms with Crippen molar-refractivity contribution in [2.45, 2.75) is 47.0 Å². The molecule has 0 atom stereocenters. The molecule has 1 amide bonds. The van der Waals surface area contributed by atoms with E-state index in [0.29, 0.717) is 17.4 Å². The van der Waals surface area contributed by atoms with E-state index in [-0.39, 0.29) is 5.91 Å². The van der Waals surface area contributed by atoms with Crippen molar-refractivity contribution >= 4 is 34.6 Å². The van der Waals surface area contributed by atoms with Crippen LogP contribution in [0.1, 0.15) is 55.4 Å². The number of carbonyl (C=O) groups is 1. The van der Waals surface area contributed by atoms with E-state index in [1.807, 2.05) is 37.3 Å². The van der Waals surface area contributed by atoms with Gasteiger partial charge in [-0.2, -0.15) is 0 Å². The second kappa shape index (κ2) is 9.52. The standard InChI is InChI=1S/C25H30N2O2S/c1-7-12-27-24(28)23(30-25(27)26-20-10-8-17(4)9-11-20)15-19-14-21(16(2)3)22(29-6)13-18(19)5/h8-11,13-16H,7,12H2,1-6H3/b23-15+,26-25?. The molecule has 3 rings (SSSR count). The maximum Gasteiger partial charge on any atom is 0.266 e. The highest BCUT2D eigenvalue weighted by Gasteiger charge is 2.33. The Morgan fingerprint density at radius 2 is 1.87 bits per heavy atom. The SMILES string of the molecule is CCCN1C(=O)/C(=C\c2cc(C(C)C)c(OC)cc2C)SC1=Nc1ccc(C)cc1. The third kappa shape index (κ3) is 4.78. The molecule has 0 radical (unpaired) electrons. The number of rotatable bonds is 6. The summed E-state index contributed by atoms with van der Waals surface area (Å²) >= 11 is 1.45. The van der Waals surface area contributed by atoms with E-state index in [0.717, 1.165) is 39.7 Å². The molecule has 0 bridgehead atoms. The minimum Gasteiger partial charge on any atom is -0.496 e. The van der Waals surface area contributed by atoms with E-state index in [1.54, 1.807) is 12.0 Å². The first-order chi connectivity index (χ1) is 14.3. The first kappa shape index (κ1) is 22.2. The molecule has 0 unspecified atom stereocenters. The fraction of sp³-hybridized carbons (Fsp3) is 0.360. The number of amides is 1. The molecule has 1 aliphatic rings. The molecule has 0 saturated carbocycles. The van der Waals surface area contributed by atoms with Gasteiger partial charge >= 0.3 is 0 Å². The van der Waals surface area contributed by atoms with Crippen LogP contribution in [0.25, 0.3) is 6.08 Å². The molecule has 4 nitrogen and oxygen atoms in total. The summed E-state index contributed by atoms with van der Waals surface area (Å²) in [5, 5.41) is 0.743. The number of nitrogens with zero attached hydrogens (tertiary/aromatic N) is 2. The van der Waals surface area contributed by atoms with Crippen LogP contribution >= 0.6 is 11.8 Å². The largest absolute Gasteiger partial charge is 0.496 e. The van der Waals surface area contributed by atoms with Crippen LogP contribution in [0.3, 0.4) is 0 Å². The van der Waals surface area contributed by atoms with Crippen LogP contribution in [0, 0.1) is 13.8 Å². The quantitative estimate of drug-likeness (QED) is 0.502. The van der Waals surface area contributed by atoms with Gasteiger partial charge < -0.3 is 4.74 Å². The van der Waals surface area contributed by atoms with Crippen molar-refractivity contribution in [2.24, 2.45) is 4.99 Å². The molecule has 1 fully saturated rings. The molecule has 0 aromatic heterocycles. The normalized spacial score (nSPS) is 16.9. The van der Waals surface area contributed by atoms with Crippen LogP contribution in [0.15, 0.2) is 46.3 Å². The van der Waals surface area contributed by atoms with Gasteiger partial charge in [-0.25, -0.2) is 4.99 Å². The number of aliphatic imine (C=N–C) groups is 1. The van der Waals surface area contributed by atoms with Gasteiger partial charge in [0.15, 0.2) is 5.17 Å². The summed E-state index contributed by atoms with van der Waals surface area (Å²) < 4.78 is 5.55. The molecule has 30 heavy (non-hydrogen) atoms. The van der Waals surface area contributed by atoms with E-state index >= 15 is 0 Å². The van der Waals surface area contributed by atoms with E-state index < -0.39 is 0 Å². The van der Waals surface area contributed by atoms with Gasteiger partial charge in [-0.1, -0.05) is 38.5 Å². The summed E-state index contributed by atoms with van der Waals surface area (Å²) in [4.78, 5) is 20.4. The van der Waals surface area contributed by atoms with Gasteiger partial charge in [-0.15, -0.1) is 0 Å². The first-order valence-electron chi connectivity index (χ1n) is 10.4. The van der Waals surface area contributed by atoms with Crippen LogP contribution in [-0.2, 0) is 4.79 Å². The number of hydrogen-bond donors (Lipinski definition) is 0. The highest BCUT2D eigenvalue weighted by atomic mass is 32.2. The lowest BCUT2D eigenvalue weighted by Gasteiger charge is -2.15. The molecule has 0 N–H and O–H groups in total. The van der Waals surface area contributed by atoms with Crippen molar-refractivity contribution in [1.29, 1.82) is 0 Å². The fourth-order valence-corrected chi connectivity index (χ4v) is 4.40. The second-order valence-electron chi connectivity index (χ2n) is 7.90. The number of ether oxygens (including phenoxy) is 1. The first-order valence-corrected chi connectivity index (χ1v) is 11.2. The summed E-state index contributed by atoms with van der Waals surface area (Å²) in [5.41, 5.74) is 5.33. The summed E-state index contributed by atoms with van der Waals surface area (Å²) in [7, 11) is 1.70. The summed E-state index contributed by atoms with van der Waals surface area (Å²) in [6, 6.07) is 12.2. The van der Waals surface area contributed by atoms with Gasteiger partial charge in [0.05, 0.1) is 17.7 Å². The third-order valence-corrected chi connectivity index (χ3v) is 6.13. The summed E-state index contributed by atoms with van der Waals surface area (Å²) in [5.74, 6) is 1.25. The topological polar surface area (TPSA) is 41.9 Å². The molecule has 1 aliphatic heterocycles. The predicted molar refractivity (Wildman–Crippen MR) is 128 cm³/mol. The predicted octanol–water partition coefficient (Wildman–Crippen LogP) is 6.45. The van der Waals surface area contributed by atoms with Gasteiger partial charge in [-0.3, -0.25) is 9.69 Å². The number of hydrogen-bond acceptors (Lipinski definition) is 4. The fourth-order valence-electron chi connectivity index (χ4n) is 3.38. The molecule has 158 valence electrons. The van der Waals surface area contributed by atoms with Gasteiger partial charge in [0.1, 0.15) is 5.75 Å². The van der Waals surface area contributed by atoms with Crippen LogP contribution in [0.5, 0.6) is 5.75 Å². The number of amidine groups is 1. The summed E-state index contributed by atoms with van der Waals surface area (Å²) in [6.45, 7) is 11.1. The van der Waals surface area contributed by atoms with Crippen molar-refractivity contribution in [3.63, 3.8) is 0 Å². The number of thioether (sulfide) groups is 1. The Morgan fingerprint density at radius 1 is 1.17 bits per heavy atom. The molecule has 2 aromatic rings. The van der Waals surface area contributed by atoms with Gasteiger partial charge in [0.25, 0.3) is 5.91 Å². The average Bonchev–Trinajstić information content (AvgIpc) is 3.00. The van der Waals surface area contributed by atoms with Crippen molar-refractivity contribution in [2.75, 3.05) is 13.7 Å². The van der Waals surface area contributed by atoms with Gasteiger partial charge in [0.2, 0.25) is 0 Å². The van der Waals surface area contributed by atoms with E-state index in [4.69, 9.17) is 9.73 Å². The molecule has 0 aliphatic carbocycles. The highest BCUT2D eigenvalue weighted by molar-refractivity contribution is 8.18. The summed E-state index contributed by atoms with van der Waals surface area (Å²) in [6.07, 6.45) is 2.87. The average molecular weight is 423 g/mol. The van der Waals surface area contributed by atoms with E-state index in [2.05, 4.69) is 39.8 Å². The van der Waals surface area contributed by atoms with Crippen molar-refractivity contribution in [1.82, 2.24) is 4.90 Å². The minimum absolute atomic E-state index is 0.0222. The zero-order valence-electron chi connectivity index (χ0n) is 18.7. The molecule has 5 heteroatoms. The van der Waals surface area contributed by atoms with Crippen molar-refractivity contribution in [3.8, 4) is 5.75 Å². The Hall–Kier alpha value is -2.53. The van der Waals surface area contributed by atoms with Crippen molar-refractivity contribution in [3.05, 3.63) is 63.6 Å². The Kier molecular flexibility index (Phi) is 7.03. The Morgan fingerprint density at radius 3 is 2.47 bits per heavy atom. The Balaban J connectivity index is 2.00. The molecule has 1 heterocycles. The number of benzene rings is 2. The maximum absolute atomic E-state index is 13.1. The molecule has 1 saturated heterocycles.